The first kappa shape index (κ1) is 39.4. The lowest BCUT2D eigenvalue weighted by atomic mass is 9.85. The number of esters is 1. The van der Waals surface area contributed by atoms with Crippen LogP contribution in [0.1, 0.15) is 57.4 Å². The summed E-state index contributed by atoms with van der Waals surface area (Å²) in [7, 11) is 0. The molecule has 3 saturated heterocycles. The smallest absolute Gasteiger partial charge is 0.414 e. The molecule has 0 aromatic heterocycles. The third kappa shape index (κ3) is 8.85. The van der Waals surface area contributed by atoms with Gasteiger partial charge >= 0.3 is 18.0 Å². The predicted octanol–water partition coefficient (Wildman–Crippen LogP) is 4.13. The number of carboxylic acid groups (broad SMARTS) is 1. The molecule has 14 nitrogen and oxygen atoms in total. The van der Waals surface area contributed by atoms with Crippen LogP contribution in [0.15, 0.2) is 59.8 Å². The van der Waals surface area contributed by atoms with Crippen molar-refractivity contribution in [2.24, 2.45) is 5.92 Å². The number of fused-ring (bicyclic) bond motifs is 1. The van der Waals surface area contributed by atoms with E-state index >= 15 is 4.39 Å². The number of rotatable bonds is 15. The van der Waals surface area contributed by atoms with Crippen LogP contribution in [0.3, 0.4) is 0 Å². The van der Waals surface area contributed by atoms with E-state index < -0.39 is 53.1 Å². The molecule has 4 atom stereocenters. The highest BCUT2D eigenvalue weighted by molar-refractivity contribution is 8.00. The largest absolute Gasteiger partial charge is 0.477 e. The van der Waals surface area contributed by atoms with Crippen molar-refractivity contribution in [3.63, 3.8) is 0 Å². The van der Waals surface area contributed by atoms with Crippen LogP contribution in [0.4, 0.5) is 20.6 Å². The minimum atomic E-state index is -1.33. The van der Waals surface area contributed by atoms with Gasteiger partial charge in [-0.05, 0) is 37.1 Å². The summed E-state index contributed by atoms with van der Waals surface area (Å²) in [6.45, 7) is 4.39. The summed E-state index contributed by atoms with van der Waals surface area (Å²) in [5.74, 6) is -4.26. The highest BCUT2D eigenvalue weighted by atomic mass is 32.2. The van der Waals surface area contributed by atoms with Crippen molar-refractivity contribution >= 4 is 64.5 Å². The molecule has 2 aromatic carbocycles. The van der Waals surface area contributed by atoms with Gasteiger partial charge in [0.2, 0.25) is 11.8 Å². The van der Waals surface area contributed by atoms with Crippen molar-refractivity contribution in [1.82, 2.24) is 9.80 Å². The standard InChI is InChI=1S/C39H43FN4O10S/c1-23(45)8-10-28-20-43(39(52)54-28)27-9-11-31(30(40)18-27)41-14-16-42(17-15-41)33(47)12-13-34(48)53-21-26-22-55-37-29(36(49)44(37)35(26)38(50)51)19-32(46)24(2)25-6-4-3-5-7-25/h3-7,9,11,18,24,28-29,37H,8,10,12-17,19-22H2,1-2H3,(H,50,51)/t24?,28-,29+,37+/m0/s1. The molecule has 4 aliphatic heterocycles. The second kappa shape index (κ2) is 17.0. The number of thioether (sulfide) groups is 1. The number of halogens is 1. The molecule has 2 aromatic rings. The number of anilines is 2. The van der Waals surface area contributed by atoms with Crippen LogP contribution < -0.4 is 9.80 Å². The predicted molar refractivity (Wildman–Crippen MR) is 199 cm³/mol. The molecule has 3 fully saturated rings. The van der Waals surface area contributed by atoms with Gasteiger partial charge in [-0.3, -0.25) is 29.0 Å². The summed E-state index contributed by atoms with van der Waals surface area (Å²) >= 11 is 1.32. The first-order valence-electron chi connectivity index (χ1n) is 18.3. The molecule has 0 aliphatic carbocycles. The lowest BCUT2D eigenvalue weighted by Gasteiger charge is -2.49. The summed E-state index contributed by atoms with van der Waals surface area (Å²) in [5, 5.41) is 9.47. The Morgan fingerprint density at radius 3 is 2.40 bits per heavy atom. The summed E-state index contributed by atoms with van der Waals surface area (Å²) in [6, 6.07) is 13.7. The number of hydrogen-bond acceptors (Lipinski definition) is 11. The van der Waals surface area contributed by atoms with E-state index in [4.69, 9.17) is 9.47 Å². The van der Waals surface area contributed by atoms with Crippen LogP contribution in [0, 0.1) is 11.7 Å². The average molecular weight is 779 g/mol. The molecule has 4 aliphatic rings. The molecule has 0 spiro atoms. The van der Waals surface area contributed by atoms with Crippen molar-refractivity contribution in [1.29, 1.82) is 0 Å². The number of ketones is 2. The Kier molecular flexibility index (Phi) is 12.2. The molecule has 0 saturated carbocycles. The molecular weight excluding hydrogens is 736 g/mol. The number of piperazine rings is 1. The molecule has 3 amide bonds. The van der Waals surface area contributed by atoms with Gasteiger partial charge in [0.25, 0.3) is 0 Å². The SMILES string of the molecule is CC(=O)CC[C@H]1CN(c2ccc(N3CCN(C(=O)CCC(=O)OCC4=C(C(=O)O)N5C(=O)[C@@H](CC(=O)C(C)c6ccccc6)[C@H]5SC4)CC3)c(F)c2)C(=O)O1. The molecule has 16 heteroatoms. The van der Waals surface area contributed by atoms with E-state index in [-0.39, 0.29) is 73.3 Å². The number of amides is 3. The zero-order valence-electron chi connectivity index (χ0n) is 30.6. The normalized spacial score (nSPS) is 21.5. The van der Waals surface area contributed by atoms with Crippen LogP contribution in [0.2, 0.25) is 0 Å². The third-order valence-electron chi connectivity index (χ3n) is 10.4. The van der Waals surface area contributed by atoms with Crippen LogP contribution in [0.25, 0.3) is 0 Å². The summed E-state index contributed by atoms with van der Waals surface area (Å²) in [6.07, 6.45) is -0.724. The molecule has 4 heterocycles. The van der Waals surface area contributed by atoms with Crippen molar-refractivity contribution in [2.75, 3.05) is 54.9 Å². The molecule has 55 heavy (non-hydrogen) atoms. The lowest BCUT2D eigenvalue weighted by Crippen LogP contribution is -2.62. The van der Waals surface area contributed by atoms with E-state index in [9.17, 15) is 38.7 Å². The quantitative estimate of drug-likeness (QED) is 0.203. The monoisotopic (exact) mass is 778 g/mol. The maximum absolute atomic E-state index is 15.2. The first-order valence-corrected chi connectivity index (χ1v) is 19.3. The van der Waals surface area contributed by atoms with Crippen LogP contribution >= 0.6 is 11.8 Å². The summed E-state index contributed by atoms with van der Waals surface area (Å²) < 4.78 is 25.9. The second-order valence-electron chi connectivity index (χ2n) is 14.1. The van der Waals surface area contributed by atoms with E-state index in [2.05, 4.69) is 0 Å². The Labute approximate surface area is 321 Å². The maximum atomic E-state index is 15.2. The number of carbonyl (C=O) groups is 7. The number of benzene rings is 2. The third-order valence-corrected chi connectivity index (χ3v) is 11.8. The second-order valence-corrected chi connectivity index (χ2v) is 15.2. The van der Waals surface area contributed by atoms with Gasteiger partial charge in [-0.15, -0.1) is 11.8 Å². The fourth-order valence-electron chi connectivity index (χ4n) is 7.22. The number of cyclic esters (lactones) is 1. The Hall–Kier alpha value is -5.25. The number of carbonyl (C=O) groups excluding carboxylic acids is 6. The minimum Gasteiger partial charge on any atom is -0.477 e. The summed E-state index contributed by atoms with van der Waals surface area (Å²) in [4.78, 5) is 93.5. The lowest BCUT2D eigenvalue weighted by molar-refractivity contribution is -0.154. The van der Waals surface area contributed by atoms with E-state index in [0.29, 0.717) is 44.0 Å². The van der Waals surface area contributed by atoms with Crippen molar-refractivity contribution in [2.45, 2.75) is 63.3 Å². The molecule has 6 rings (SSSR count). The van der Waals surface area contributed by atoms with Crippen molar-refractivity contribution in [3.8, 4) is 0 Å². The zero-order valence-corrected chi connectivity index (χ0v) is 31.4. The van der Waals surface area contributed by atoms with E-state index in [1.165, 1.54) is 34.6 Å². The van der Waals surface area contributed by atoms with Crippen molar-refractivity contribution in [3.05, 3.63) is 71.2 Å². The Bertz CT molecular complexity index is 1900. The molecule has 0 bridgehead atoms. The van der Waals surface area contributed by atoms with Gasteiger partial charge in [0.15, 0.2) is 0 Å². The topological polar surface area (TPSA) is 171 Å². The molecule has 0 radical (unpaired) electrons. The van der Waals surface area contributed by atoms with Gasteiger partial charge in [-0.25, -0.2) is 14.0 Å². The average Bonchev–Trinajstić information content (AvgIpc) is 3.56. The summed E-state index contributed by atoms with van der Waals surface area (Å²) in [5.41, 5.74) is 1.53. The zero-order chi connectivity index (χ0) is 39.4. The molecule has 1 unspecified atom stereocenters. The Morgan fingerprint density at radius 1 is 1.00 bits per heavy atom. The van der Waals surface area contributed by atoms with Gasteiger partial charge in [-0.1, -0.05) is 37.3 Å². The molecule has 292 valence electrons. The van der Waals surface area contributed by atoms with Crippen molar-refractivity contribution < 1.29 is 52.5 Å². The highest BCUT2D eigenvalue weighted by Gasteiger charge is 2.54. The fourth-order valence-corrected chi connectivity index (χ4v) is 8.62. The fraction of sp³-hybridized carbons (Fsp3) is 0.462. The number of β-lactam (4-membered cyclic amide) rings is 1. The Morgan fingerprint density at radius 2 is 1.73 bits per heavy atom. The van der Waals surface area contributed by atoms with Crippen LogP contribution in [0.5, 0.6) is 0 Å². The van der Waals surface area contributed by atoms with E-state index in [1.807, 2.05) is 30.3 Å². The molecule has 1 N–H and O–H groups in total. The Balaban J connectivity index is 0.944. The number of nitrogens with zero attached hydrogens (tertiary/aromatic N) is 4. The molecular formula is C39H43FN4O10S. The maximum Gasteiger partial charge on any atom is 0.414 e. The van der Waals surface area contributed by atoms with Gasteiger partial charge in [0.1, 0.15) is 35.8 Å². The minimum absolute atomic E-state index is 0.00265. The number of aliphatic carboxylic acids is 1. The van der Waals surface area contributed by atoms with E-state index in [1.54, 1.807) is 28.9 Å². The first-order chi connectivity index (χ1) is 26.3. The van der Waals surface area contributed by atoms with Crippen LogP contribution in [-0.4, -0.2) is 113 Å². The highest BCUT2D eigenvalue weighted by Crippen LogP contribution is 2.46. The van der Waals surface area contributed by atoms with Crippen LogP contribution in [-0.2, 0) is 38.2 Å². The van der Waals surface area contributed by atoms with Gasteiger partial charge in [0, 0.05) is 62.7 Å². The number of Topliss-reactive ketones (excluding diaryl/α,β-unsaturated/α-hetero) is 2. The van der Waals surface area contributed by atoms with Gasteiger partial charge < -0.3 is 29.2 Å². The number of hydrogen-bond donors (Lipinski definition) is 1. The van der Waals surface area contributed by atoms with Gasteiger partial charge in [0.05, 0.1) is 35.6 Å². The number of ether oxygens (including phenoxy) is 2. The van der Waals surface area contributed by atoms with Gasteiger partial charge in [-0.2, -0.15) is 0 Å². The number of carboxylic acids is 1. The van der Waals surface area contributed by atoms with E-state index in [0.717, 1.165) is 5.56 Å².